The summed E-state index contributed by atoms with van der Waals surface area (Å²) in [7, 11) is 0. The predicted octanol–water partition coefficient (Wildman–Crippen LogP) is 4.04. The Kier molecular flexibility index (Phi) is 6.92. The minimum Gasteiger partial charge on any atom is -0.370 e. The van der Waals surface area contributed by atoms with Crippen LogP contribution in [0.4, 0.5) is 21.5 Å². The fourth-order valence-corrected chi connectivity index (χ4v) is 3.72. The van der Waals surface area contributed by atoms with Gasteiger partial charge in [0.25, 0.3) is 0 Å². The second-order valence-corrected chi connectivity index (χ2v) is 7.77. The van der Waals surface area contributed by atoms with Crippen LogP contribution in [0.15, 0.2) is 42.5 Å². The number of carbonyl (C=O) groups excluding carboxylic acids is 2. The number of hydrogen-bond acceptors (Lipinski definition) is 4. The Labute approximate surface area is 168 Å². The van der Waals surface area contributed by atoms with Crippen LogP contribution in [0, 0.1) is 12.7 Å². The van der Waals surface area contributed by atoms with E-state index in [-0.39, 0.29) is 29.0 Å². The topological polar surface area (TPSA) is 61.4 Å². The molecule has 0 aromatic heterocycles. The van der Waals surface area contributed by atoms with Gasteiger partial charge < -0.3 is 15.5 Å². The molecule has 0 saturated carbocycles. The number of para-hydroxylation sites is 1. The van der Waals surface area contributed by atoms with Gasteiger partial charge in [0.05, 0.1) is 17.2 Å². The number of halogens is 1. The molecule has 1 saturated heterocycles. The van der Waals surface area contributed by atoms with Crippen LogP contribution < -0.4 is 15.5 Å². The van der Waals surface area contributed by atoms with Gasteiger partial charge in [-0.25, -0.2) is 4.39 Å². The molecule has 2 amide bonds. The monoisotopic (exact) mass is 401 g/mol. The lowest BCUT2D eigenvalue weighted by Gasteiger charge is -2.22. The van der Waals surface area contributed by atoms with E-state index < -0.39 is 5.82 Å². The summed E-state index contributed by atoms with van der Waals surface area (Å²) >= 11 is 1.19. The van der Waals surface area contributed by atoms with Gasteiger partial charge in [0.2, 0.25) is 11.8 Å². The van der Waals surface area contributed by atoms with Gasteiger partial charge in [-0.3, -0.25) is 9.59 Å². The molecule has 2 aromatic carbocycles. The molecule has 0 unspecified atom stereocenters. The molecule has 1 heterocycles. The number of amides is 2. The molecule has 28 heavy (non-hydrogen) atoms. The van der Waals surface area contributed by atoms with Crippen molar-refractivity contribution in [2.75, 3.05) is 40.1 Å². The van der Waals surface area contributed by atoms with Crippen LogP contribution in [-0.4, -0.2) is 36.4 Å². The van der Waals surface area contributed by atoms with Gasteiger partial charge >= 0.3 is 0 Å². The third-order valence-corrected chi connectivity index (χ3v) is 5.44. The molecule has 2 N–H and O–H groups in total. The van der Waals surface area contributed by atoms with Crippen LogP contribution in [0.5, 0.6) is 0 Å². The number of nitrogens with zero attached hydrogens (tertiary/aromatic N) is 1. The van der Waals surface area contributed by atoms with Crippen molar-refractivity contribution in [3.63, 3.8) is 0 Å². The zero-order valence-electron chi connectivity index (χ0n) is 15.8. The lowest BCUT2D eigenvalue weighted by molar-refractivity contribution is -0.114. The second-order valence-electron chi connectivity index (χ2n) is 6.78. The Morgan fingerprint density at radius 1 is 1.00 bits per heavy atom. The van der Waals surface area contributed by atoms with E-state index in [1.54, 1.807) is 6.07 Å². The fraction of sp³-hybridized carbons (Fsp3) is 0.333. The number of nitrogens with one attached hydrogen (secondary N) is 2. The average Bonchev–Trinajstić information content (AvgIpc) is 3.20. The molecule has 0 atom stereocenters. The summed E-state index contributed by atoms with van der Waals surface area (Å²) < 4.78 is 14.3. The number of carbonyl (C=O) groups is 2. The van der Waals surface area contributed by atoms with Crippen molar-refractivity contribution in [2.24, 2.45) is 0 Å². The van der Waals surface area contributed by atoms with Crippen LogP contribution in [-0.2, 0) is 9.59 Å². The molecular weight excluding hydrogens is 377 g/mol. The van der Waals surface area contributed by atoms with Crippen molar-refractivity contribution in [2.45, 2.75) is 19.8 Å². The highest BCUT2D eigenvalue weighted by Gasteiger charge is 2.19. The van der Waals surface area contributed by atoms with E-state index in [0.717, 1.165) is 37.2 Å². The van der Waals surface area contributed by atoms with Crippen molar-refractivity contribution >= 4 is 40.6 Å². The molecule has 0 bridgehead atoms. The van der Waals surface area contributed by atoms with Gasteiger partial charge in [-0.05, 0) is 44.0 Å². The van der Waals surface area contributed by atoms with Gasteiger partial charge in [-0.2, -0.15) is 0 Å². The van der Waals surface area contributed by atoms with Crippen molar-refractivity contribution in [3.05, 3.63) is 53.8 Å². The number of hydrogen-bond donors (Lipinski definition) is 2. The van der Waals surface area contributed by atoms with E-state index in [9.17, 15) is 14.0 Å². The molecule has 148 valence electrons. The lowest BCUT2D eigenvalue weighted by atomic mass is 10.2. The number of thioether (sulfide) groups is 1. The Balaban J connectivity index is 1.49. The Hall–Kier alpha value is -2.54. The normalized spacial score (nSPS) is 13.4. The van der Waals surface area contributed by atoms with Gasteiger partial charge in [0.1, 0.15) is 11.5 Å². The Bertz CT molecular complexity index is 836. The molecule has 1 aliphatic heterocycles. The molecule has 5 nitrogen and oxygen atoms in total. The number of rotatable bonds is 7. The van der Waals surface area contributed by atoms with Crippen LogP contribution in [0.25, 0.3) is 0 Å². The van der Waals surface area contributed by atoms with Gasteiger partial charge in [-0.1, -0.05) is 23.8 Å². The first kappa shape index (κ1) is 20.2. The smallest absolute Gasteiger partial charge is 0.234 e. The van der Waals surface area contributed by atoms with E-state index in [2.05, 4.69) is 15.5 Å². The van der Waals surface area contributed by atoms with Crippen molar-refractivity contribution in [1.82, 2.24) is 0 Å². The summed E-state index contributed by atoms with van der Waals surface area (Å²) in [5.74, 6) is -0.712. The van der Waals surface area contributed by atoms with Crippen LogP contribution in [0.2, 0.25) is 0 Å². The standard InChI is InChI=1S/C21H24FN3O2S/c1-15-7-9-16(10-8-15)23-19(26)13-28-14-20(27)24-21-17(22)5-4-6-18(21)25-11-2-3-12-25/h4-10H,2-3,11-14H2,1H3,(H,23,26)(H,24,27). The first-order chi connectivity index (χ1) is 13.5. The summed E-state index contributed by atoms with van der Waals surface area (Å²) in [6, 6.07) is 12.3. The molecule has 1 aliphatic rings. The summed E-state index contributed by atoms with van der Waals surface area (Å²) in [6.45, 7) is 3.70. The first-order valence-corrected chi connectivity index (χ1v) is 10.5. The molecule has 0 aliphatic carbocycles. The van der Waals surface area contributed by atoms with E-state index in [1.807, 2.05) is 37.3 Å². The quantitative estimate of drug-likeness (QED) is 0.735. The molecular formula is C21H24FN3O2S. The highest BCUT2D eigenvalue weighted by atomic mass is 32.2. The molecule has 1 fully saturated rings. The average molecular weight is 402 g/mol. The van der Waals surface area contributed by atoms with Crippen molar-refractivity contribution < 1.29 is 14.0 Å². The van der Waals surface area contributed by atoms with Crippen LogP contribution in [0.1, 0.15) is 18.4 Å². The number of anilines is 3. The maximum absolute atomic E-state index is 14.3. The van der Waals surface area contributed by atoms with Gasteiger partial charge in [-0.15, -0.1) is 11.8 Å². The molecule has 7 heteroatoms. The van der Waals surface area contributed by atoms with E-state index in [4.69, 9.17) is 0 Å². The Morgan fingerprint density at radius 3 is 2.32 bits per heavy atom. The zero-order valence-corrected chi connectivity index (χ0v) is 16.7. The second kappa shape index (κ2) is 9.59. The van der Waals surface area contributed by atoms with Crippen LogP contribution in [0.3, 0.4) is 0 Å². The minimum atomic E-state index is -0.445. The van der Waals surface area contributed by atoms with E-state index >= 15 is 0 Å². The zero-order chi connectivity index (χ0) is 19.9. The summed E-state index contributed by atoms with van der Waals surface area (Å²) in [6.07, 6.45) is 2.13. The third kappa shape index (κ3) is 5.48. The van der Waals surface area contributed by atoms with Gasteiger partial charge in [0, 0.05) is 18.8 Å². The molecule has 2 aromatic rings. The molecule has 0 radical (unpaired) electrons. The highest BCUT2D eigenvalue weighted by Crippen LogP contribution is 2.31. The number of benzene rings is 2. The molecule has 0 spiro atoms. The predicted molar refractivity (Wildman–Crippen MR) is 114 cm³/mol. The van der Waals surface area contributed by atoms with E-state index in [1.165, 1.54) is 17.8 Å². The minimum absolute atomic E-state index is 0.0785. The summed E-state index contributed by atoms with van der Waals surface area (Å²) in [4.78, 5) is 26.3. The Morgan fingerprint density at radius 2 is 1.64 bits per heavy atom. The summed E-state index contributed by atoms with van der Waals surface area (Å²) in [5.41, 5.74) is 2.78. The van der Waals surface area contributed by atoms with Crippen LogP contribution >= 0.6 is 11.8 Å². The van der Waals surface area contributed by atoms with E-state index in [0.29, 0.717) is 5.69 Å². The SMILES string of the molecule is Cc1ccc(NC(=O)CSCC(=O)Nc2c(F)cccc2N2CCCC2)cc1. The van der Waals surface area contributed by atoms with Crippen molar-refractivity contribution in [1.29, 1.82) is 0 Å². The summed E-state index contributed by atoms with van der Waals surface area (Å²) in [5, 5.41) is 5.47. The molecule has 3 rings (SSSR count). The highest BCUT2D eigenvalue weighted by molar-refractivity contribution is 8.00. The maximum Gasteiger partial charge on any atom is 0.234 e. The largest absolute Gasteiger partial charge is 0.370 e. The van der Waals surface area contributed by atoms with Gasteiger partial charge in [0.15, 0.2) is 0 Å². The fourth-order valence-electron chi connectivity index (χ4n) is 3.10. The lowest BCUT2D eigenvalue weighted by Crippen LogP contribution is -2.23. The maximum atomic E-state index is 14.3. The third-order valence-electron chi connectivity index (χ3n) is 4.50. The number of aryl methyl sites for hydroxylation is 1. The first-order valence-electron chi connectivity index (χ1n) is 9.30. The van der Waals surface area contributed by atoms with Crippen molar-refractivity contribution in [3.8, 4) is 0 Å².